The van der Waals surface area contributed by atoms with E-state index in [-0.39, 0.29) is 5.57 Å². The minimum atomic E-state index is -0.486. The van der Waals surface area contributed by atoms with Crippen LogP contribution in [0.3, 0.4) is 0 Å². The molecule has 0 atom stereocenters. The Hall–Kier alpha value is -3.07. The summed E-state index contributed by atoms with van der Waals surface area (Å²) in [5.74, 6) is 0.103. The van der Waals surface area contributed by atoms with E-state index in [2.05, 4.69) is 21.2 Å². The number of nitrogens with one attached hydrogen (secondary N) is 1. The Balaban J connectivity index is 1.90. The van der Waals surface area contributed by atoms with Crippen molar-refractivity contribution in [1.29, 1.82) is 5.26 Å². The van der Waals surface area contributed by atoms with E-state index in [9.17, 15) is 10.1 Å². The standard InChI is InChI=1S/C25H20BrClN2O2/c1-16-6-5-8-20(10-16)29-25(30)19(15-28)11-17-12-23(27)21(24(13-17)31-2)14-18-7-3-4-9-22(18)26/h3-13H,14H2,1-2H3,(H,29,30)/b19-11+. The topological polar surface area (TPSA) is 62.1 Å². The van der Waals surface area contributed by atoms with Crippen molar-refractivity contribution < 1.29 is 9.53 Å². The number of carbonyl (C=O) groups is 1. The summed E-state index contributed by atoms with van der Waals surface area (Å²) in [4.78, 5) is 12.6. The first-order valence-corrected chi connectivity index (χ1v) is 10.7. The molecule has 0 aliphatic heterocycles. The number of ether oxygens (including phenoxy) is 1. The van der Waals surface area contributed by atoms with Crippen LogP contribution >= 0.6 is 27.5 Å². The Kier molecular flexibility index (Phi) is 7.51. The summed E-state index contributed by atoms with van der Waals surface area (Å²) in [6.07, 6.45) is 2.08. The van der Waals surface area contributed by atoms with Crippen LogP contribution in [0.5, 0.6) is 5.75 Å². The predicted octanol–water partition coefficient (Wildman–Crippen LogP) is 6.56. The van der Waals surface area contributed by atoms with Gasteiger partial charge in [0.15, 0.2) is 0 Å². The Bertz CT molecular complexity index is 1200. The van der Waals surface area contributed by atoms with E-state index in [0.717, 1.165) is 21.2 Å². The van der Waals surface area contributed by atoms with Gasteiger partial charge in [0.1, 0.15) is 17.4 Å². The number of nitrogens with zero attached hydrogens (tertiary/aromatic N) is 1. The third kappa shape index (κ3) is 5.75. The maximum atomic E-state index is 12.6. The number of halogens is 2. The van der Waals surface area contributed by atoms with Crippen LogP contribution in [0, 0.1) is 18.3 Å². The molecule has 3 aromatic carbocycles. The summed E-state index contributed by atoms with van der Waals surface area (Å²) in [7, 11) is 1.57. The first kappa shape index (κ1) is 22.6. The zero-order chi connectivity index (χ0) is 22.4. The van der Waals surface area contributed by atoms with Gasteiger partial charge in [0.25, 0.3) is 5.91 Å². The van der Waals surface area contributed by atoms with Crippen molar-refractivity contribution in [3.05, 3.63) is 98.0 Å². The van der Waals surface area contributed by atoms with Gasteiger partial charge < -0.3 is 10.1 Å². The van der Waals surface area contributed by atoms with Crippen LogP contribution in [0.2, 0.25) is 5.02 Å². The number of benzene rings is 3. The molecule has 31 heavy (non-hydrogen) atoms. The molecule has 1 N–H and O–H groups in total. The summed E-state index contributed by atoms with van der Waals surface area (Å²) in [5.41, 5.74) is 4.12. The molecule has 0 unspecified atom stereocenters. The lowest BCUT2D eigenvalue weighted by atomic mass is 10.0. The molecule has 0 heterocycles. The van der Waals surface area contributed by atoms with Crippen LogP contribution in [-0.4, -0.2) is 13.0 Å². The van der Waals surface area contributed by atoms with E-state index >= 15 is 0 Å². The highest BCUT2D eigenvalue weighted by molar-refractivity contribution is 9.10. The first-order valence-electron chi connectivity index (χ1n) is 9.51. The largest absolute Gasteiger partial charge is 0.496 e. The molecule has 0 radical (unpaired) electrons. The maximum absolute atomic E-state index is 12.6. The van der Waals surface area contributed by atoms with Gasteiger partial charge >= 0.3 is 0 Å². The average Bonchev–Trinajstić information content (AvgIpc) is 2.74. The second-order valence-electron chi connectivity index (χ2n) is 6.95. The van der Waals surface area contributed by atoms with E-state index in [4.69, 9.17) is 16.3 Å². The quantitative estimate of drug-likeness (QED) is 0.311. The normalized spacial score (nSPS) is 11.0. The molecule has 0 aliphatic carbocycles. The fourth-order valence-electron chi connectivity index (χ4n) is 3.14. The van der Waals surface area contributed by atoms with Gasteiger partial charge in [-0.25, -0.2) is 0 Å². The molecule has 3 aromatic rings. The Morgan fingerprint density at radius 3 is 2.65 bits per heavy atom. The SMILES string of the molecule is COc1cc(/C=C(\C#N)C(=O)Nc2cccc(C)c2)cc(Cl)c1Cc1ccccc1Br. The number of carbonyl (C=O) groups excluding carboxylic acids is 1. The van der Waals surface area contributed by atoms with Crippen molar-refractivity contribution in [3.63, 3.8) is 0 Å². The minimum absolute atomic E-state index is 0.0295. The van der Waals surface area contributed by atoms with Gasteiger partial charge in [-0.15, -0.1) is 0 Å². The highest BCUT2D eigenvalue weighted by Gasteiger charge is 2.14. The van der Waals surface area contributed by atoms with E-state index in [1.54, 1.807) is 25.3 Å². The van der Waals surface area contributed by atoms with Crippen LogP contribution in [-0.2, 0) is 11.2 Å². The van der Waals surface area contributed by atoms with Crippen LogP contribution in [0.15, 0.2) is 70.7 Å². The molecular weight excluding hydrogens is 476 g/mol. The van der Waals surface area contributed by atoms with E-state index in [1.165, 1.54) is 6.08 Å². The van der Waals surface area contributed by atoms with E-state index < -0.39 is 5.91 Å². The van der Waals surface area contributed by atoms with Crippen molar-refractivity contribution in [2.75, 3.05) is 12.4 Å². The molecule has 0 aliphatic rings. The fraction of sp³-hybridized carbons (Fsp3) is 0.120. The molecule has 1 amide bonds. The molecule has 3 rings (SSSR count). The number of nitriles is 1. The van der Waals surface area contributed by atoms with Crippen molar-refractivity contribution >= 4 is 45.2 Å². The van der Waals surface area contributed by atoms with Gasteiger partial charge in [0, 0.05) is 27.2 Å². The molecule has 0 saturated heterocycles. The van der Waals surface area contributed by atoms with Crippen LogP contribution < -0.4 is 10.1 Å². The molecular formula is C25H20BrClN2O2. The average molecular weight is 496 g/mol. The van der Waals surface area contributed by atoms with Gasteiger partial charge in [-0.2, -0.15) is 5.26 Å². The Morgan fingerprint density at radius 1 is 1.19 bits per heavy atom. The van der Waals surface area contributed by atoms with Crippen LogP contribution in [0.4, 0.5) is 5.69 Å². The summed E-state index contributed by atoms with van der Waals surface area (Å²) in [6, 6.07) is 20.7. The zero-order valence-corrected chi connectivity index (χ0v) is 19.4. The van der Waals surface area contributed by atoms with Crippen LogP contribution in [0.25, 0.3) is 6.08 Å². The van der Waals surface area contributed by atoms with Gasteiger partial charge in [0.2, 0.25) is 0 Å². The van der Waals surface area contributed by atoms with Gasteiger partial charge in [-0.05, 0) is 60.0 Å². The highest BCUT2D eigenvalue weighted by Crippen LogP contribution is 2.33. The molecule has 0 saturated carbocycles. The maximum Gasteiger partial charge on any atom is 0.266 e. The molecule has 0 fully saturated rings. The van der Waals surface area contributed by atoms with E-state index in [1.807, 2.05) is 55.5 Å². The molecule has 4 nitrogen and oxygen atoms in total. The molecule has 6 heteroatoms. The number of amides is 1. The van der Waals surface area contributed by atoms with Crippen LogP contribution in [0.1, 0.15) is 22.3 Å². The lowest BCUT2D eigenvalue weighted by Crippen LogP contribution is -2.13. The zero-order valence-electron chi connectivity index (χ0n) is 17.1. The fourth-order valence-corrected chi connectivity index (χ4v) is 3.85. The third-order valence-electron chi connectivity index (χ3n) is 4.67. The molecule has 0 bridgehead atoms. The number of rotatable bonds is 6. The highest BCUT2D eigenvalue weighted by atomic mass is 79.9. The second-order valence-corrected chi connectivity index (χ2v) is 8.21. The number of methoxy groups -OCH3 is 1. The smallest absolute Gasteiger partial charge is 0.266 e. The van der Waals surface area contributed by atoms with Crippen molar-refractivity contribution in [2.24, 2.45) is 0 Å². The number of hydrogen-bond acceptors (Lipinski definition) is 3. The molecule has 0 aromatic heterocycles. The minimum Gasteiger partial charge on any atom is -0.496 e. The van der Waals surface area contributed by atoms with E-state index in [0.29, 0.717) is 28.4 Å². The van der Waals surface area contributed by atoms with Gasteiger partial charge in [-0.3, -0.25) is 4.79 Å². The second kappa shape index (κ2) is 10.3. The number of hydrogen-bond donors (Lipinski definition) is 1. The Morgan fingerprint density at radius 2 is 1.97 bits per heavy atom. The molecule has 156 valence electrons. The predicted molar refractivity (Wildman–Crippen MR) is 128 cm³/mol. The number of anilines is 1. The summed E-state index contributed by atoms with van der Waals surface area (Å²) < 4.78 is 6.53. The monoisotopic (exact) mass is 494 g/mol. The lowest BCUT2D eigenvalue weighted by Gasteiger charge is -2.13. The van der Waals surface area contributed by atoms with Gasteiger partial charge in [0.05, 0.1) is 7.11 Å². The number of aryl methyl sites for hydroxylation is 1. The third-order valence-corrected chi connectivity index (χ3v) is 5.78. The van der Waals surface area contributed by atoms with Crippen molar-refractivity contribution in [2.45, 2.75) is 13.3 Å². The Labute approximate surface area is 195 Å². The molecule has 0 spiro atoms. The first-order chi connectivity index (χ1) is 14.9. The summed E-state index contributed by atoms with van der Waals surface area (Å²) in [6.45, 7) is 1.93. The lowest BCUT2D eigenvalue weighted by molar-refractivity contribution is -0.112. The van der Waals surface area contributed by atoms with Crippen molar-refractivity contribution in [1.82, 2.24) is 0 Å². The summed E-state index contributed by atoms with van der Waals surface area (Å²) in [5, 5.41) is 12.8. The van der Waals surface area contributed by atoms with Crippen molar-refractivity contribution in [3.8, 4) is 11.8 Å². The van der Waals surface area contributed by atoms with Gasteiger partial charge in [-0.1, -0.05) is 57.9 Å². The summed E-state index contributed by atoms with van der Waals surface area (Å²) >= 11 is 10.1.